The second-order valence-corrected chi connectivity index (χ2v) is 25.2. The molecule has 1 aliphatic rings. The highest BCUT2D eigenvalue weighted by atomic mass is 16.3. The minimum absolute atomic E-state index is 0.232. The van der Waals surface area contributed by atoms with Gasteiger partial charge in [0.25, 0.3) is 0 Å². The lowest BCUT2D eigenvalue weighted by molar-refractivity contribution is -0.137. The number of carbonyl (C=O) groups excluding carboxylic acids is 1. The number of piperazine rings is 1. The van der Waals surface area contributed by atoms with E-state index in [1.165, 1.54) is 328 Å². The molecule has 1 rings (SSSR count). The molecule has 0 aromatic carbocycles. The van der Waals surface area contributed by atoms with E-state index in [1.807, 2.05) is 0 Å². The summed E-state index contributed by atoms with van der Waals surface area (Å²) >= 11 is 0. The maximum absolute atomic E-state index is 14.3. The topological polar surface area (TPSA) is 53.5 Å². The Morgan fingerprint density at radius 2 is 0.571 bits per heavy atom. The molecule has 0 spiro atoms. The zero-order chi connectivity index (χ0) is 55.6. The minimum atomic E-state index is -0.595. The molecule has 0 aromatic heterocycles. The highest BCUT2D eigenvalue weighted by Gasteiger charge is 2.27. The van der Waals surface area contributed by atoms with Crippen LogP contribution in [0.3, 0.4) is 0 Å². The van der Waals surface area contributed by atoms with Crippen molar-refractivity contribution in [3.63, 3.8) is 0 Å². The summed E-state index contributed by atoms with van der Waals surface area (Å²) in [5.41, 5.74) is 0. The monoisotopic (exact) mass is 1090 g/mol. The third-order valence-corrected chi connectivity index (χ3v) is 17.7. The molecule has 460 valence electrons. The van der Waals surface area contributed by atoms with Crippen LogP contribution in [0, 0.1) is 0 Å². The third-order valence-electron chi connectivity index (χ3n) is 17.7. The predicted molar refractivity (Wildman–Crippen MR) is 343 cm³/mol. The number of aliphatic hydroxyl groups is 1. The van der Waals surface area contributed by atoms with Gasteiger partial charge in [-0.15, -0.1) is 0 Å². The number of nitrogens with zero attached hydrogens (tertiary/aromatic N) is 5. The van der Waals surface area contributed by atoms with Crippen LogP contribution in [-0.2, 0) is 4.79 Å². The van der Waals surface area contributed by atoms with Crippen LogP contribution in [0.4, 0.5) is 0 Å². The minimum Gasteiger partial charge on any atom is -0.377 e. The third kappa shape index (κ3) is 49.6. The van der Waals surface area contributed by atoms with Crippen molar-refractivity contribution in [1.29, 1.82) is 0 Å². The zero-order valence-corrected chi connectivity index (χ0v) is 53.7. The van der Waals surface area contributed by atoms with Gasteiger partial charge in [-0.2, -0.15) is 0 Å². The molecule has 1 saturated heterocycles. The van der Waals surface area contributed by atoms with Crippen LogP contribution in [0.2, 0.25) is 0 Å². The Hall–Kier alpha value is -0.730. The summed E-state index contributed by atoms with van der Waals surface area (Å²) in [6.45, 7) is 23.9. The Kier molecular flexibility index (Phi) is 57.8. The molecule has 1 aliphatic heterocycles. The lowest BCUT2D eigenvalue weighted by atomic mass is 10.1. The molecule has 1 atom stereocenters. The van der Waals surface area contributed by atoms with E-state index in [-0.39, 0.29) is 5.91 Å². The van der Waals surface area contributed by atoms with Crippen LogP contribution >= 0.6 is 0 Å². The zero-order valence-electron chi connectivity index (χ0n) is 53.7. The molecule has 0 aliphatic carbocycles. The van der Waals surface area contributed by atoms with E-state index in [9.17, 15) is 9.90 Å². The lowest BCUT2D eigenvalue weighted by Crippen LogP contribution is -2.54. The molecule has 1 heterocycles. The van der Waals surface area contributed by atoms with Gasteiger partial charge in [-0.1, -0.05) is 324 Å². The summed E-state index contributed by atoms with van der Waals surface area (Å²) in [6.07, 6.45) is 67.5. The van der Waals surface area contributed by atoms with Crippen molar-refractivity contribution in [2.45, 2.75) is 362 Å². The second-order valence-electron chi connectivity index (χ2n) is 25.2. The van der Waals surface area contributed by atoms with Gasteiger partial charge in [0.2, 0.25) is 5.91 Å². The van der Waals surface area contributed by atoms with Crippen molar-refractivity contribution in [3.8, 4) is 0 Å². The normalized spacial score (nSPS) is 13.9. The van der Waals surface area contributed by atoms with E-state index in [2.05, 4.69) is 59.1 Å². The standard InChI is InChI=1S/C70H143N5O2/c1-6-11-16-21-26-31-36-41-46-51-56-71(57-52-47-42-37-32-27-22-17-12-7-2)61-62-72-63-65-74(66-64-72)70(77)68-75(60-55-50-45-40-35-30-25-20-15-10-5)69(76)67-73(58-53-48-43-38-33-28-23-18-13-8-3)59-54-49-44-39-34-29-24-19-14-9-4/h69,76H,6-68H2,1-5H3. The van der Waals surface area contributed by atoms with E-state index >= 15 is 0 Å². The molecular formula is C70H143N5O2. The largest absolute Gasteiger partial charge is 0.377 e. The number of hydrogen-bond acceptors (Lipinski definition) is 6. The number of aliphatic hydroxyl groups excluding tert-OH is 1. The molecule has 7 heteroatoms. The van der Waals surface area contributed by atoms with Crippen molar-refractivity contribution in [1.82, 2.24) is 24.5 Å². The van der Waals surface area contributed by atoms with Crippen molar-refractivity contribution in [3.05, 3.63) is 0 Å². The molecule has 0 aromatic rings. The van der Waals surface area contributed by atoms with Crippen molar-refractivity contribution in [2.24, 2.45) is 0 Å². The molecule has 7 nitrogen and oxygen atoms in total. The molecule has 77 heavy (non-hydrogen) atoms. The highest BCUT2D eigenvalue weighted by Crippen LogP contribution is 2.18. The van der Waals surface area contributed by atoms with Gasteiger partial charge in [0.1, 0.15) is 6.23 Å². The van der Waals surface area contributed by atoms with E-state index in [1.54, 1.807) is 0 Å². The van der Waals surface area contributed by atoms with Gasteiger partial charge in [-0.25, -0.2) is 0 Å². The first-order valence-corrected chi connectivity index (χ1v) is 35.9. The summed E-state index contributed by atoms with van der Waals surface area (Å²) in [7, 11) is 0. The van der Waals surface area contributed by atoms with Crippen molar-refractivity contribution >= 4 is 5.91 Å². The number of rotatable bonds is 63. The van der Waals surface area contributed by atoms with Gasteiger partial charge in [0, 0.05) is 52.4 Å². The first-order chi connectivity index (χ1) is 38.0. The van der Waals surface area contributed by atoms with Crippen molar-refractivity contribution in [2.75, 3.05) is 85.1 Å². The Labute approximate surface area is 485 Å². The van der Waals surface area contributed by atoms with Crippen LogP contribution in [0.15, 0.2) is 0 Å². The molecule has 1 amide bonds. The average molecular weight is 1090 g/mol. The molecule has 0 bridgehead atoms. The molecule has 0 radical (unpaired) electrons. The maximum atomic E-state index is 14.3. The smallest absolute Gasteiger partial charge is 0.236 e. The fourth-order valence-corrected chi connectivity index (χ4v) is 12.2. The summed E-state index contributed by atoms with van der Waals surface area (Å²) in [5.74, 6) is 0.232. The van der Waals surface area contributed by atoms with E-state index in [4.69, 9.17) is 0 Å². The van der Waals surface area contributed by atoms with Gasteiger partial charge in [0.15, 0.2) is 0 Å². The number of amides is 1. The summed E-state index contributed by atoms with van der Waals surface area (Å²) in [4.78, 5) is 26.6. The Bertz CT molecular complexity index is 1100. The fourth-order valence-electron chi connectivity index (χ4n) is 12.2. The van der Waals surface area contributed by atoms with E-state index in [0.717, 1.165) is 65.3 Å². The fraction of sp³-hybridized carbons (Fsp3) is 0.986. The van der Waals surface area contributed by atoms with Crippen LogP contribution in [0.1, 0.15) is 356 Å². The average Bonchev–Trinajstić information content (AvgIpc) is 3.44. The van der Waals surface area contributed by atoms with Crippen LogP contribution in [0.5, 0.6) is 0 Å². The molecule has 1 unspecified atom stereocenters. The van der Waals surface area contributed by atoms with Crippen molar-refractivity contribution < 1.29 is 9.90 Å². The predicted octanol–water partition coefficient (Wildman–Crippen LogP) is 20.0. The first-order valence-electron chi connectivity index (χ1n) is 35.9. The summed E-state index contributed by atoms with van der Waals surface area (Å²) < 4.78 is 0. The van der Waals surface area contributed by atoms with Gasteiger partial charge in [-0.05, 0) is 58.3 Å². The van der Waals surface area contributed by atoms with Crippen LogP contribution in [-0.4, -0.2) is 127 Å². The van der Waals surface area contributed by atoms with Gasteiger partial charge in [-0.3, -0.25) is 19.5 Å². The van der Waals surface area contributed by atoms with E-state index in [0.29, 0.717) is 13.1 Å². The van der Waals surface area contributed by atoms with Gasteiger partial charge in [0.05, 0.1) is 6.54 Å². The first kappa shape index (κ1) is 74.3. The summed E-state index contributed by atoms with van der Waals surface area (Å²) in [6, 6.07) is 0. The number of unbranched alkanes of at least 4 members (excludes halogenated alkanes) is 45. The van der Waals surface area contributed by atoms with Crippen LogP contribution < -0.4 is 0 Å². The Morgan fingerprint density at radius 3 is 0.857 bits per heavy atom. The highest BCUT2D eigenvalue weighted by molar-refractivity contribution is 5.78. The number of carbonyl (C=O) groups is 1. The SMILES string of the molecule is CCCCCCCCCCCCN(CCCCCCCCCCCC)CCN1CCN(C(=O)CN(CCCCCCCCCCCC)C(O)CN(CCCCCCCCCCCC)CCCCCCCCCCCC)CC1. The quantitative estimate of drug-likeness (QED) is 0.0484. The van der Waals surface area contributed by atoms with Gasteiger partial charge >= 0.3 is 0 Å². The maximum Gasteiger partial charge on any atom is 0.236 e. The Balaban J connectivity index is 2.84. The molecule has 1 N–H and O–H groups in total. The van der Waals surface area contributed by atoms with Gasteiger partial charge < -0.3 is 14.9 Å². The summed E-state index contributed by atoms with van der Waals surface area (Å²) in [5, 5.41) is 12.2. The second kappa shape index (κ2) is 59.9. The van der Waals surface area contributed by atoms with Crippen LogP contribution in [0.25, 0.3) is 0 Å². The Morgan fingerprint density at radius 1 is 0.325 bits per heavy atom. The molecule has 0 saturated carbocycles. The van der Waals surface area contributed by atoms with E-state index < -0.39 is 6.23 Å². The molecular weight excluding hydrogens is 943 g/mol. The number of hydrogen-bond donors (Lipinski definition) is 1. The molecule has 1 fully saturated rings. The lowest BCUT2D eigenvalue weighted by Gasteiger charge is -2.38.